The molecule has 0 spiro atoms. The van der Waals surface area contributed by atoms with Crippen molar-refractivity contribution < 1.29 is 13.4 Å². The van der Waals surface area contributed by atoms with Gasteiger partial charge >= 0.3 is 0 Å². The summed E-state index contributed by atoms with van der Waals surface area (Å²) in [5.41, 5.74) is 2.98. The van der Waals surface area contributed by atoms with Crippen LogP contribution in [0, 0.1) is 0 Å². The summed E-state index contributed by atoms with van der Waals surface area (Å²) >= 11 is 3.60. The van der Waals surface area contributed by atoms with Gasteiger partial charge in [0.2, 0.25) is 0 Å². The average Bonchev–Trinajstić information content (AvgIpc) is 3.15. The lowest BCUT2D eigenvalue weighted by molar-refractivity contribution is -0.0472. The summed E-state index contributed by atoms with van der Waals surface area (Å²) in [5, 5.41) is 4.35. The van der Waals surface area contributed by atoms with Gasteiger partial charge in [-0.15, -0.1) is 3.89 Å². The van der Waals surface area contributed by atoms with E-state index in [9.17, 15) is 3.89 Å². The van der Waals surface area contributed by atoms with Crippen molar-refractivity contribution in [2.24, 2.45) is 0 Å². The van der Waals surface area contributed by atoms with Gasteiger partial charge in [-0.05, 0) is 38.2 Å². The predicted octanol–water partition coefficient (Wildman–Crippen LogP) is 4.79. The van der Waals surface area contributed by atoms with Gasteiger partial charge < -0.3 is 9.47 Å². The van der Waals surface area contributed by atoms with Gasteiger partial charge in [0.05, 0.1) is 13.3 Å². The van der Waals surface area contributed by atoms with Crippen LogP contribution in [0.25, 0.3) is 5.65 Å². The molecule has 6 nitrogen and oxygen atoms in total. The average molecular weight is 429 g/mol. The Bertz CT molecular complexity index is 776. The van der Waals surface area contributed by atoms with E-state index in [1.54, 1.807) is 14.2 Å². The number of halogens is 1. The Morgan fingerprint density at radius 2 is 2.11 bits per heavy atom. The Hall–Kier alpha value is -1.29. The Labute approximate surface area is 176 Å². The summed E-state index contributed by atoms with van der Waals surface area (Å²) in [5.74, 6) is 1.18. The normalized spacial score (nSPS) is 22.0. The van der Waals surface area contributed by atoms with Crippen LogP contribution in [0.15, 0.2) is 30.8 Å². The van der Waals surface area contributed by atoms with Gasteiger partial charge in [0, 0.05) is 37.5 Å². The molecule has 2 heterocycles. The number of aromatic nitrogens is 3. The highest BCUT2D eigenvalue weighted by Gasteiger charge is 2.39. The van der Waals surface area contributed by atoms with Crippen LogP contribution in [0.5, 0.6) is 0 Å². The number of fused-ring (bicyclic) bond motifs is 1. The van der Waals surface area contributed by atoms with Crippen molar-refractivity contribution in [3.05, 3.63) is 42.1 Å². The summed E-state index contributed by atoms with van der Waals surface area (Å²) in [6.45, 7) is 6.15. The third-order valence-electron chi connectivity index (χ3n) is 5.30. The topological polar surface area (TPSA) is 51.9 Å². The SMILES string of the molecule is C=C(OC)C1(OC)CCC(c2ccn3ncc(CC)c3n2)CC1.CN(S)SF. The van der Waals surface area contributed by atoms with Crippen LogP contribution in [0.3, 0.4) is 0 Å². The minimum absolute atomic E-state index is 0.0772. The van der Waals surface area contributed by atoms with E-state index < -0.39 is 0 Å². The van der Waals surface area contributed by atoms with Gasteiger partial charge in [-0.2, -0.15) is 8.81 Å². The molecule has 0 aliphatic heterocycles. The maximum atomic E-state index is 10.9. The molecule has 0 aromatic carbocycles. The first-order valence-corrected chi connectivity index (χ1v) is 10.3. The van der Waals surface area contributed by atoms with E-state index >= 15 is 0 Å². The first-order chi connectivity index (χ1) is 13.4. The lowest BCUT2D eigenvalue weighted by atomic mass is 9.76. The summed E-state index contributed by atoms with van der Waals surface area (Å²) in [7, 11) is 4.92. The molecule has 0 N–H and O–H groups in total. The van der Waals surface area contributed by atoms with Gasteiger partial charge in [0.15, 0.2) is 5.65 Å². The zero-order chi connectivity index (χ0) is 20.7. The summed E-state index contributed by atoms with van der Waals surface area (Å²) in [6.07, 6.45) is 8.74. The van der Waals surface area contributed by atoms with Crippen molar-refractivity contribution in [3.8, 4) is 0 Å². The van der Waals surface area contributed by atoms with E-state index in [2.05, 4.69) is 37.5 Å². The lowest BCUT2D eigenvalue weighted by Gasteiger charge is -2.39. The molecule has 0 amide bonds. The second-order valence-electron chi connectivity index (χ2n) is 6.78. The highest BCUT2D eigenvalue weighted by atomic mass is 32.2. The molecule has 1 fully saturated rings. The minimum Gasteiger partial charge on any atom is -0.499 e. The number of nitrogens with zero attached hydrogens (tertiary/aromatic N) is 4. The minimum atomic E-state index is -0.347. The molecule has 9 heteroatoms. The molecule has 0 radical (unpaired) electrons. The van der Waals surface area contributed by atoms with Crippen molar-refractivity contribution in [1.29, 1.82) is 0 Å². The van der Waals surface area contributed by atoms with Crippen LogP contribution in [0.2, 0.25) is 0 Å². The Kier molecular flexibility index (Phi) is 8.60. The largest absolute Gasteiger partial charge is 0.499 e. The predicted molar refractivity (Wildman–Crippen MR) is 115 cm³/mol. The highest BCUT2D eigenvalue weighted by molar-refractivity contribution is 8.01. The Morgan fingerprint density at radius 1 is 1.46 bits per heavy atom. The molecule has 0 saturated heterocycles. The molecule has 1 aliphatic carbocycles. The third-order valence-corrected chi connectivity index (χ3v) is 5.69. The highest BCUT2D eigenvalue weighted by Crippen LogP contribution is 2.42. The number of hydrogen-bond acceptors (Lipinski definition) is 7. The van der Waals surface area contributed by atoms with E-state index in [0.717, 1.165) is 52.9 Å². The first-order valence-electron chi connectivity index (χ1n) is 9.23. The molecule has 3 rings (SSSR count). The molecule has 28 heavy (non-hydrogen) atoms. The van der Waals surface area contributed by atoms with Gasteiger partial charge in [-0.3, -0.25) is 0 Å². The molecule has 1 aliphatic rings. The maximum Gasteiger partial charge on any atom is 0.158 e. The van der Waals surface area contributed by atoms with Gasteiger partial charge in [-0.1, -0.05) is 26.3 Å². The fourth-order valence-corrected chi connectivity index (χ4v) is 3.57. The van der Waals surface area contributed by atoms with Crippen molar-refractivity contribution in [2.45, 2.75) is 50.5 Å². The zero-order valence-electron chi connectivity index (χ0n) is 16.9. The molecule has 156 valence electrons. The van der Waals surface area contributed by atoms with E-state index in [4.69, 9.17) is 14.5 Å². The zero-order valence-corrected chi connectivity index (χ0v) is 18.6. The third kappa shape index (κ3) is 5.20. The molecule has 1 saturated carbocycles. The fraction of sp³-hybridized carbons (Fsp3) is 0.579. The second kappa shape index (κ2) is 10.5. The van der Waals surface area contributed by atoms with Crippen LogP contribution < -0.4 is 0 Å². The summed E-state index contributed by atoms with van der Waals surface area (Å²) in [6, 6.07) is 2.09. The van der Waals surface area contributed by atoms with Crippen LogP contribution in [0.4, 0.5) is 3.89 Å². The van der Waals surface area contributed by atoms with Crippen molar-refractivity contribution in [2.75, 3.05) is 21.3 Å². The molecule has 2 aromatic rings. The molecule has 2 aromatic heterocycles. The molecular weight excluding hydrogens is 399 g/mol. The fourth-order valence-electron chi connectivity index (χ4n) is 3.57. The lowest BCUT2D eigenvalue weighted by Crippen LogP contribution is -2.38. The van der Waals surface area contributed by atoms with Gasteiger partial charge in [0.1, 0.15) is 23.7 Å². The van der Waals surface area contributed by atoms with E-state index in [1.807, 2.05) is 16.9 Å². The van der Waals surface area contributed by atoms with Crippen LogP contribution in [0.1, 0.15) is 49.8 Å². The van der Waals surface area contributed by atoms with Crippen LogP contribution >= 0.6 is 25.1 Å². The van der Waals surface area contributed by atoms with Gasteiger partial charge in [-0.25, -0.2) is 9.50 Å². The standard InChI is InChI=1S/C18H25N3O2.CH4FNS2/c1-5-14-12-19-21-11-8-16(20-17(14)21)15-6-9-18(23-4,10-7-15)13(2)22-3;1-3(4)5-2/h8,11-12,15H,2,5-7,9-10H2,1,3-4H3;4H,1H3. The Morgan fingerprint density at radius 3 is 2.61 bits per heavy atom. The molecule has 0 atom stereocenters. The monoisotopic (exact) mass is 428 g/mol. The summed E-state index contributed by atoms with van der Waals surface area (Å²) < 4.78 is 24.9. The number of methoxy groups -OCH3 is 2. The smallest absolute Gasteiger partial charge is 0.158 e. The van der Waals surface area contributed by atoms with E-state index in [-0.39, 0.29) is 17.9 Å². The maximum absolute atomic E-state index is 10.9. The van der Waals surface area contributed by atoms with Gasteiger partial charge in [0.25, 0.3) is 0 Å². The second-order valence-corrected chi connectivity index (χ2v) is 8.33. The summed E-state index contributed by atoms with van der Waals surface area (Å²) in [4.78, 5) is 4.87. The van der Waals surface area contributed by atoms with Crippen molar-refractivity contribution in [3.63, 3.8) is 0 Å². The van der Waals surface area contributed by atoms with E-state index in [1.165, 1.54) is 12.6 Å². The number of aryl methyl sites for hydroxylation is 1. The number of rotatable bonds is 6. The first kappa shape index (κ1) is 23.0. The Balaban J connectivity index is 0.000000500. The van der Waals surface area contributed by atoms with Crippen molar-refractivity contribution >= 4 is 30.8 Å². The number of hydrogen-bond donors (Lipinski definition) is 1. The quantitative estimate of drug-likeness (QED) is 0.406. The van der Waals surface area contributed by atoms with E-state index in [0.29, 0.717) is 5.92 Å². The number of thiol groups is 1. The molecule has 0 bridgehead atoms. The van der Waals surface area contributed by atoms with Crippen molar-refractivity contribution in [1.82, 2.24) is 18.3 Å². The van der Waals surface area contributed by atoms with Crippen LogP contribution in [-0.2, 0) is 15.9 Å². The number of ether oxygens (including phenoxy) is 2. The van der Waals surface area contributed by atoms with Crippen LogP contribution in [-0.4, -0.2) is 45.2 Å². The molecular formula is C19H29FN4O2S2. The molecule has 0 unspecified atom stereocenters.